The lowest BCUT2D eigenvalue weighted by molar-refractivity contribution is 0.110. The summed E-state index contributed by atoms with van der Waals surface area (Å²) in [4.78, 5) is 10.6. The van der Waals surface area contributed by atoms with Crippen LogP contribution in [-0.2, 0) is 5.54 Å². The number of aryl methyl sites for hydroxylation is 1. The third kappa shape index (κ3) is 1.55. The van der Waals surface area contributed by atoms with Gasteiger partial charge in [-0.3, -0.25) is 9.48 Å². The minimum Gasteiger partial charge on any atom is -0.296 e. The van der Waals surface area contributed by atoms with Gasteiger partial charge in [0.25, 0.3) is 0 Å². The van der Waals surface area contributed by atoms with Crippen molar-refractivity contribution in [1.29, 1.82) is 0 Å². The van der Waals surface area contributed by atoms with Crippen molar-refractivity contribution in [2.75, 3.05) is 0 Å². The van der Waals surface area contributed by atoms with Crippen molar-refractivity contribution in [3.8, 4) is 0 Å². The fourth-order valence-electron chi connectivity index (χ4n) is 1.14. The first-order chi connectivity index (χ1) is 5.45. The first-order valence-electron chi connectivity index (χ1n) is 3.97. The zero-order chi connectivity index (χ0) is 9.35. The van der Waals surface area contributed by atoms with Gasteiger partial charge < -0.3 is 0 Å². The van der Waals surface area contributed by atoms with Crippen LogP contribution in [0.5, 0.6) is 0 Å². The lowest BCUT2D eigenvalue weighted by atomic mass is 10.1. The molecule has 0 unspecified atom stereocenters. The van der Waals surface area contributed by atoms with Crippen molar-refractivity contribution >= 4 is 6.29 Å². The monoisotopic (exact) mass is 166 g/mol. The molecular formula is C9H14N2O. The average Bonchev–Trinajstić information content (AvgIpc) is 2.29. The van der Waals surface area contributed by atoms with Gasteiger partial charge in [0.1, 0.15) is 5.69 Å². The maximum absolute atomic E-state index is 10.6. The number of hydrogen-bond acceptors (Lipinski definition) is 2. The largest absolute Gasteiger partial charge is 0.296 e. The van der Waals surface area contributed by atoms with Crippen LogP contribution in [0.4, 0.5) is 0 Å². The van der Waals surface area contributed by atoms with E-state index < -0.39 is 0 Å². The van der Waals surface area contributed by atoms with E-state index in [1.54, 1.807) is 10.7 Å². The molecule has 0 aliphatic carbocycles. The topological polar surface area (TPSA) is 34.9 Å². The molecule has 0 spiro atoms. The van der Waals surface area contributed by atoms with E-state index >= 15 is 0 Å². The summed E-state index contributed by atoms with van der Waals surface area (Å²) in [6.07, 6.45) is 0.839. The molecule has 0 atom stereocenters. The van der Waals surface area contributed by atoms with Crippen LogP contribution in [0.1, 0.15) is 37.0 Å². The molecule has 0 amide bonds. The minimum atomic E-state index is -0.121. The average molecular weight is 166 g/mol. The number of carbonyl (C=O) groups excluding carboxylic acids is 1. The van der Waals surface area contributed by atoms with Gasteiger partial charge in [0, 0.05) is 0 Å². The van der Waals surface area contributed by atoms with E-state index in [0.717, 1.165) is 12.0 Å². The summed E-state index contributed by atoms with van der Waals surface area (Å²) >= 11 is 0. The molecule has 0 fully saturated rings. The van der Waals surface area contributed by atoms with Gasteiger partial charge in [-0.2, -0.15) is 5.10 Å². The van der Waals surface area contributed by atoms with Crippen molar-refractivity contribution in [2.45, 2.75) is 33.2 Å². The van der Waals surface area contributed by atoms with E-state index in [1.807, 2.05) is 27.7 Å². The van der Waals surface area contributed by atoms with E-state index in [9.17, 15) is 4.79 Å². The van der Waals surface area contributed by atoms with E-state index in [2.05, 4.69) is 5.10 Å². The van der Waals surface area contributed by atoms with Crippen LogP contribution in [-0.4, -0.2) is 16.1 Å². The van der Waals surface area contributed by atoms with Gasteiger partial charge >= 0.3 is 0 Å². The summed E-state index contributed by atoms with van der Waals surface area (Å²) in [5.74, 6) is 0. The predicted octanol–water partition coefficient (Wildman–Crippen LogP) is 1.76. The molecule has 3 nitrogen and oxygen atoms in total. The third-order valence-corrected chi connectivity index (χ3v) is 1.62. The Morgan fingerprint density at radius 2 is 2.08 bits per heavy atom. The molecule has 0 radical (unpaired) electrons. The molecule has 0 saturated carbocycles. The summed E-state index contributed by atoms with van der Waals surface area (Å²) in [7, 11) is 0. The van der Waals surface area contributed by atoms with Crippen molar-refractivity contribution in [2.24, 2.45) is 0 Å². The Morgan fingerprint density at radius 3 is 2.42 bits per heavy atom. The Balaban J connectivity index is 3.22. The lowest BCUT2D eigenvalue weighted by Gasteiger charge is -2.20. The number of hydrogen-bond donors (Lipinski definition) is 0. The number of aromatic nitrogens is 2. The van der Waals surface area contributed by atoms with Gasteiger partial charge in [-0.1, -0.05) is 0 Å². The number of aldehydes is 1. The predicted molar refractivity (Wildman–Crippen MR) is 47.3 cm³/mol. The smallest absolute Gasteiger partial charge is 0.168 e. The molecule has 66 valence electrons. The van der Waals surface area contributed by atoms with E-state index in [0.29, 0.717) is 5.69 Å². The fourth-order valence-corrected chi connectivity index (χ4v) is 1.14. The van der Waals surface area contributed by atoms with Crippen LogP contribution in [0.25, 0.3) is 0 Å². The SMILES string of the molecule is Cc1cc(C=O)n(C(C)(C)C)n1. The second-order valence-corrected chi connectivity index (χ2v) is 3.91. The molecule has 0 N–H and O–H groups in total. The highest BCUT2D eigenvalue weighted by Gasteiger charge is 2.17. The van der Waals surface area contributed by atoms with Gasteiger partial charge in [0.2, 0.25) is 0 Å². The fraction of sp³-hybridized carbons (Fsp3) is 0.556. The van der Waals surface area contributed by atoms with E-state index in [-0.39, 0.29) is 5.54 Å². The van der Waals surface area contributed by atoms with Crippen LogP contribution < -0.4 is 0 Å². The molecule has 3 heteroatoms. The van der Waals surface area contributed by atoms with Crippen molar-refractivity contribution in [3.63, 3.8) is 0 Å². The lowest BCUT2D eigenvalue weighted by Crippen LogP contribution is -2.25. The molecule has 0 bridgehead atoms. The van der Waals surface area contributed by atoms with Crippen LogP contribution >= 0.6 is 0 Å². The Bertz CT molecular complexity index is 294. The summed E-state index contributed by atoms with van der Waals surface area (Å²) in [5, 5.41) is 4.24. The highest BCUT2D eigenvalue weighted by atomic mass is 16.1. The Morgan fingerprint density at radius 1 is 1.50 bits per heavy atom. The van der Waals surface area contributed by atoms with Gasteiger partial charge in [0.05, 0.1) is 11.2 Å². The summed E-state index contributed by atoms with van der Waals surface area (Å²) in [6, 6.07) is 1.79. The standard InChI is InChI=1S/C9H14N2O/c1-7-5-8(6-12)11(10-7)9(2,3)4/h5-6H,1-4H3. The first-order valence-corrected chi connectivity index (χ1v) is 3.97. The quantitative estimate of drug-likeness (QED) is 0.596. The first kappa shape index (κ1) is 8.97. The molecular weight excluding hydrogens is 152 g/mol. The molecule has 1 heterocycles. The molecule has 1 rings (SSSR count). The molecule has 0 aliphatic heterocycles. The summed E-state index contributed by atoms with van der Waals surface area (Å²) in [5.41, 5.74) is 1.40. The van der Waals surface area contributed by atoms with Crippen molar-refractivity contribution in [1.82, 2.24) is 9.78 Å². The van der Waals surface area contributed by atoms with E-state index in [1.165, 1.54) is 0 Å². The van der Waals surface area contributed by atoms with Crippen LogP contribution in [0, 0.1) is 6.92 Å². The number of rotatable bonds is 1. The zero-order valence-corrected chi connectivity index (χ0v) is 7.96. The Labute approximate surface area is 72.4 Å². The van der Waals surface area contributed by atoms with Crippen molar-refractivity contribution < 1.29 is 4.79 Å². The zero-order valence-electron chi connectivity index (χ0n) is 7.96. The molecule has 0 aliphatic rings. The molecule has 12 heavy (non-hydrogen) atoms. The second kappa shape index (κ2) is 2.73. The Kier molecular flexibility index (Phi) is 2.04. The highest BCUT2D eigenvalue weighted by Crippen LogP contribution is 2.15. The van der Waals surface area contributed by atoms with Crippen LogP contribution in [0.15, 0.2) is 6.07 Å². The van der Waals surface area contributed by atoms with Gasteiger partial charge in [-0.25, -0.2) is 0 Å². The summed E-state index contributed by atoms with van der Waals surface area (Å²) < 4.78 is 1.75. The normalized spacial score (nSPS) is 11.7. The Hall–Kier alpha value is -1.12. The maximum atomic E-state index is 10.6. The molecule has 0 saturated heterocycles. The van der Waals surface area contributed by atoms with Gasteiger partial charge in [-0.05, 0) is 33.8 Å². The molecule has 1 aromatic heterocycles. The number of nitrogens with zero attached hydrogens (tertiary/aromatic N) is 2. The van der Waals surface area contributed by atoms with Crippen molar-refractivity contribution in [3.05, 3.63) is 17.5 Å². The van der Waals surface area contributed by atoms with Crippen LogP contribution in [0.3, 0.4) is 0 Å². The maximum Gasteiger partial charge on any atom is 0.168 e. The molecule has 0 aromatic carbocycles. The highest BCUT2D eigenvalue weighted by molar-refractivity contribution is 5.72. The van der Waals surface area contributed by atoms with E-state index in [4.69, 9.17) is 0 Å². The second-order valence-electron chi connectivity index (χ2n) is 3.91. The third-order valence-electron chi connectivity index (χ3n) is 1.62. The van der Waals surface area contributed by atoms with Crippen LogP contribution in [0.2, 0.25) is 0 Å². The minimum absolute atomic E-state index is 0.121. The van der Waals surface area contributed by atoms with Gasteiger partial charge in [0.15, 0.2) is 6.29 Å². The molecule has 1 aromatic rings. The van der Waals surface area contributed by atoms with Gasteiger partial charge in [-0.15, -0.1) is 0 Å². The number of carbonyl (C=O) groups is 1. The summed E-state index contributed by atoms with van der Waals surface area (Å²) in [6.45, 7) is 7.94.